The third-order valence-electron chi connectivity index (χ3n) is 1.62. The van der Waals surface area contributed by atoms with Crippen molar-refractivity contribution < 1.29 is 4.79 Å². The van der Waals surface area contributed by atoms with Gasteiger partial charge in [-0.25, -0.2) is 0 Å². The average molecular weight is 139 g/mol. The molecule has 0 rings (SSSR count). The zero-order chi connectivity index (χ0) is 8.15. The summed E-state index contributed by atoms with van der Waals surface area (Å²) in [7, 11) is 0. The summed E-state index contributed by atoms with van der Waals surface area (Å²) in [5.74, 6) is 0.204. The van der Waals surface area contributed by atoms with Crippen LogP contribution < -0.4 is 0 Å². The van der Waals surface area contributed by atoms with Crippen molar-refractivity contribution in [1.29, 1.82) is 5.26 Å². The van der Waals surface area contributed by atoms with Gasteiger partial charge in [0.05, 0.1) is 6.07 Å². The Kier molecular flexibility index (Phi) is 3.71. The van der Waals surface area contributed by atoms with Gasteiger partial charge in [-0.05, 0) is 20.3 Å². The Hall–Kier alpha value is -0.840. The van der Waals surface area contributed by atoms with Crippen LogP contribution in [0.4, 0.5) is 0 Å². The summed E-state index contributed by atoms with van der Waals surface area (Å²) in [4.78, 5) is 10.7. The van der Waals surface area contributed by atoms with E-state index in [-0.39, 0.29) is 17.6 Å². The summed E-state index contributed by atoms with van der Waals surface area (Å²) in [5, 5.41) is 8.40. The molecule has 0 radical (unpaired) electrons. The van der Waals surface area contributed by atoms with E-state index < -0.39 is 0 Å². The van der Waals surface area contributed by atoms with Crippen LogP contribution in [0, 0.1) is 23.2 Å². The molecule has 56 valence electrons. The van der Waals surface area contributed by atoms with Gasteiger partial charge in [0.2, 0.25) is 0 Å². The molecule has 0 saturated heterocycles. The molecule has 2 atom stereocenters. The molecule has 0 bridgehead atoms. The van der Waals surface area contributed by atoms with Crippen molar-refractivity contribution in [1.82, 2.24) is 0 Å². The molecule has 0 heterocycles. The molecule has 0 aliphatic carbocycles. The predicted molar refractivity (Wildman–Crippen MR) is 39.2 cm³/mol. The van der Waals surface area contributed by atoms with Crippen LogP contribution in [0.5, 0.6) is 0 Å². The smallest absolute Gasteiger partial charge is 0.132 e. The fraction of sp³-hybridized carbons (Fsp3) is 0.750. The van der Waals surface area contributed by atoms with Gasteiger partial charge >= 0.3 is 0 Å². The lowest BCUT2D eigenvalue weighted by molar-refractivity contribution is -0.120. The quantitative estimate of drug-likeness (QED) is 0.597. The van der Waals surface area contributed by atoms with Crippen molar-refractivity contribution in [2.45, 2.75) is 27.2 Å². The number of ketones is 1. The van der Waals surface area contributed by atoms with Crippen LogP contribution >= 0.6 is 0 Å². The van der Waals surface area contributed by atoms with Crippen LogP contribution in [0.25, 0.3) is 0 Å². The van der Waals surface area contributed by atoms with Gasteiger partial charge in [-0.2, -0.15) is 5.26 Å². The normalized spacial score (nSPS) is 15.4. The van der Waals surface area contributed by atoms with E-state index in [0.717, 1.165) is 0 Å². The van der Waals surface area contributed by atoms with Gasteiger partial charge in [0, 0.05) is 11.8 Å². The predicted octanol–water partition coefficient (Wildman–Crippen LogP) is 1.76. The third-order valence-corrected chi connectivity index (χ3v) is 1.62. The summed E-state index contributed by atoms with van der Waals surface area (Å²) < 4.78 is 0. The first kappa shape index (κ1) is 9.16. The molecular formula is C8H13NO. The van der Waals surface area contributed by atoms with Crippen LogP contribution in [0.2, 0.25) is 0 Å². The first-order valence-corrected chi connectivity index (χ1v) is 3.48. The van der Waals surface area contributed by atoms with E-state index >= 15 is 0 Å². The Bertz CT molecular complexity index is 157. The monoisotopic (exact) mass is 139 g/mol. The van der Waals surface area contributed by atoms with Gasteiger partial charge in [0.25, 0.3) is 0 Å². The van der Waals surface area contributed by atoms with Crippen molar-refractivity contribution in [3.8, 4) is 6.07 Å². The molecule has 2 heteroatoms. The number of carbonyl (C=O) groups excluding carboxylic acids is 1. The van der Waals surface area contributed by atoms with Crippen molar-refractivity contribution in [3.63, 3.8) is 0 Å². The molecule has 0 fully saturated rings. The highest BCUT2D eigenvalue weighted by Gasteiger charge is 2.11. The largest absolute Gasteiger partial charge is 0.300 e. The first-order chi connectivity index (χ1) is 4.57. The summed E-state index contributed by atoms with van der Waals surface area (Å²) in [6, 6.07) is 2.10. The minimum Gasteiger partial charge on any atom is -0.300 e. The Balaban J connectivity index is 3.70. The highest BCUT2D eigenvalue weighted by Crippen LogP contribution is 2.10. The summed E-state index contributed by atoms with van der Waals surface area (Å²) >= 11 is 0. The number of carbonyl (C=O) groups is 1. The van der Waals surface area contributed by atoms with Crippen LogP contribution in [0.3, 0.4) is 0 Å². The molecule has 0 saturated carbocycles. The second-order valence-electron chi connectivity index (χ2n) is 2.78. The van der Waals surface area contributed by atoms with Crippen molar-refractivity contribution in [3.05, 3.63) is 0 Å². The number of Topliss-reactive ketones (excluding diaryl/α,β-unsaturated/α-hetero) is 1. The molecule has 10 heavy (non-hydrogen) atoms. The number of nitriles is 1. The van der Waals surface area contributed by atoms with Gasteiger partial charge in [-0.3, -0.25) is 4.79 Å². The van der Waals surface area contributed by atoms with E-state index in [0.29, 0.717) is 6.42 Å². The van der Waals surface area contributed by atoms with Crippen LogP contribution in [0.15, 0.2) is 0 Å². The van der Waals surface area contributed by atoms with E-state index in [1.54, 1.807) is 6.92 Å². The fourth-order valence-corrected chi connectivity index (χ4v) is 0.749. The lowest BCUT2D eigenvalue weighted by Gasteiger charge is -2.06. The highest BCUT2D eigenvalue weighted by atomic mass is 16.1. The van der Waals surface area contributed by atoms with E-state index in [4.69, 9.17) is 5.26 Å². The van der Waals surface area contributed by atoms with Crippen molar-refractivity contribution in [2.24, 2.45) is 11.8 Å². The Morgan fingerprint density at radius 2 is 2.10 bits per heavy atom. The highest BCUT2D eigenvalue weighted by molar-refractivity contribution is 5.77. The average Bonchev–Trinajstić information content (AvgIpc) is 1.87. The van der Waals surface area contributed by atoms with E-state index in [2.05, 4.69) is 6.07 Å². The molecule has 0 N–H and O–H groups in total. The molecule has 0 aromatic heterocycles. The first-order valence-electron chi connectivity index (χ1n) is 3.48. The Morgan fingerprint density at radius 1 is 1.60 bits per heavy atom. The minimum absolute atomic E-state index is 0.00102. The zero-order valence-electron chi connectivity index (χ0n) is 6.72. The summed E-state index contributed by atoms with van der Waals surface area (Å²) in [6.07, 6.45) is 0.686. The lowest BCUT2D eigenvalue weighted by atomic mass is 9.96. The molecule has 2 unspecified atom stereocenters. The van der Waals surface area contributed by atoms with Gasteiger partial charge in [0.15, 0.2) is 0 Å². The number of hydrogen-bond donors (Lipinski definition) is 0. The van der Waals surface area contributed by atoms with Crippen LogP contribution in [-0.4, -0.2) is 5.78 Å². The van der Waals surface area contributed by atoms with Gasteiger partial charge < -0.3 is 0 Å². The molecule has 0 aromatic rings. The molecular weight excluding hydrogens is 126 g/mol. The van der Waals surface area contributed by atoms with Crippen molar-refractivity contribution in [2.75, 3.05) is 0 Å². The molecule has 0 aliphatic rings. The van der Waals surface area contributed by atoms with E-state index in [1.807, 2.05) is 13.8 Å². The molecule has 0 aromatic carbocycles. The molecule has 0 spiro atoms. The molecule has 0 amide bonds. The van der Waals surface area contributed by atoms with Crippen LogP contribution in [-0.2, 0) is 4.79 Å². The number of hydrogen-bond acceptors (Lipinski definition) is 2. The minimum atomic E-state index is -0.00102. The maximum absolute atomic E-state index is 10.7. The second kappa shape index (κ2) is 4.05. The Labute approximate surface area is 61.8 Å². The summed E-state index contributed by atoms with van der Waals surface area (Å²) in [6.45, 7) is 5.25. The second-order valence-corrected chi connectivity index (χ2v) is 2.78. The number of rotatable bonds is 3. The fourth-order valence-electron chi connectivity index (χ4n) is 0.749. The molecule has 2 nitrogen and oxygen atoms in total. The topological polar surface area (TPSA) is 40.9 Å². The Morgan fingerprint density at radius 3 is 2.40 bits per heavy atom. The molecule has 0 aliphatic heterocycles. The van der Waals surface area contributed by atoms with Gasteiger partial charge in [-0.1, -0.05) is 6.92 Å². The summed E-state index contributed by atoms with van der Waals surface area (Å²) in [5.41, 5.74) is 0. The van der Waals surface area contributed by atoms with E-state index in [1.165, 1.54) is 0 Å². The lowest BCUT2D eigenvalue weighted by Crippen LogP contribution is -2.09. The SMILES string of the molecule is CC(=O)C(C)CC(C)C#N. The third kappa shape index (κ3) is 3.24. The van der Waals surface area contributed by atoms with Gasteiger partial charge in [-0.15, -0.1) is 0 Å². The van der Waals surface area contributed by atoms with Gasteiger partial charge in [0.1, 0.15) is 5.78 Å². The zero-order valence-corrected chi connectivity index (χ0v) is 6.72. The van der Waals surface area contributed by atoms with Crippen molar-refractivity contribution >= 4 is 5.78 Å². The maximum atomic E-state index is 10.7. The van der Waals surface area contributed by atoms with Crippen LogP contribution in [0.1, 0.15) is 27.2 Å². The van der Waals surface area contributed by atoms with E-state index in [9.17, 15) is 4.79 Å². The standard InChI is InChI=1S/C8H13NO/c1-6(5-9)4-7(2)8(3)10/h6-7H,4H2,1-3H3. The number of nitrogens with zero attached hydrogens (tertiary/aromatic N) is 1. The maximum Gasteiger partial charge on any atom is 0.132 e.